The highest BCUT2D eigenvalue weighted by Crippen LogP contribution is 2.37. The number of carbonyl (C=O) groups is 1. The number of nitrogens with zero attached hydrogens (tertiary/aromatic N) is 1. The molecule has 0 fully saturated rings. The van der Waals surface area contributed by atoms with Crippen LogP contribution in [-0.2, 0) is 6.18 Å². The zero-order chi connectivity index (χ0) is 20.6. The molecule has 2 aromatic carbocycles. The topological polar surface area (TPSA) is 72.2 Å². The molecule has 4 rings (SSSR count). The first-order valence-electron chi connectivity index (χ1n) is 8.27. The summed E-state index contributed by atoms with van der Waals surface area (Å²) in [5.41, 5.74) is 0.0890. The van der Waals surface area contributed by atoms with Crippen LogP contribution in [0.15, 0.2) is 68.6 Å². The SMILES string of the molecule is O=C(Nc1cccc2c(=O)cc(-c3ccccc3C(F)(F)F)oc12)c1cscn1. The molecule has 0 unspecified atom stereocenters. The van der Waals surface area contributed by atoms with Gasteiger partial charge in [-0.05, 0) is 18.2 Å². The molecular weight excluding hydrogens is 405 g/mol. The Bertz CT molecular complexity index is 1260. The fraction of sp³-hybridized carbons (Fsp3) is 0.0500. The van der Waals surface area contributed by atoms with Gasteiger partial charge in [-0.3, -0.25) is 9.59 Å². The maximum Gasteiger partial charge on any atom is 0.417 e. The fourth-order valence-corrected chi connectivity index (χ4v) is 3.40. The lowest BCUT2D eigenvalue weighted by Gasteiger charge is -2.13. The van der Waals surface area contributed by atoms with Gasteiger partial charge in [-0.1, -0.05) is 24.3 Å². The first kappa shape index (κ1) is 18.9. The average Bonchev–Trinajstić information content (AvgIpc) is 3.23. The van der Waals surface area contributed by atoms with Gasteiger partial charge in [-0.2, -0.15) is 13.2 Å². The predicted octanol–water partition coefficient (Wildman–Crippen LogP) is 5.19. The Morgan fingerprint density at radius 3 is 2.62 bits per heavy atom. The van der Waals surface area contributed by atoms with Gasteiger partial charge in [0.15, 0.2) is 11.0 Å². The van der Waals surface area contributed by atoms with Crippen molar-refractivity contribution < 1.29 is 22.4 Å². The molecule has 1 amide bonds. The lowest BCUT2D eigenvalue weighted by Crippen LogP contribution is -2.13. The van der Waals surface area contributed by atoms with E-state index in [4.69, 9.17) is 4.42 Å². The summed E-state index contributed by atoms with van der Waals surface area (Å²) in [5.74, 6) is -0.770. The molecule has 4 aromatic rings. The minimum Gasteiger partial charge on any atom is -0.454 e. The van der Waals surface area contributed by atoms with Crippen LogP contribution in [-0.4, -0.2) is 10.9 Å². The number of amides is 1. The van der Waals surface area contributed by atoms with E-state index in [1.54, 1.807) is 11.4 Å². The van der Waals surface area contributed by atoms with Gasteiger partial charge in [-0.25, -0.2) is 4.98 Å². The summed E-state index contributed by atoms with van der Waals surface area (Å²) in [6.45, 7) is 0. The van der Waals surface area contributed by atoms with Crippen LogP contribution in [0.2, 0.25) is 0 Å². The number of nitrogens with one attached hydrogen (secondary N) is 1. The average molecular weight is 416 g/mol. The van der Waals surface area contributed by atoms with Crippen LogP contribution in [0.3, 0.4) is 0 Å². The van der Waals surface area contributed by atoms with Crippen molar-refractivity contribution in [3.05, 3.63) is 80.9 Å². The lowest BCUT2D eigenvalue weighted by atomic mass is 10.0. The van der Waals surface area contributed by atoms with E-state index in [-0.39, 0.29) is 33.7 Å². The molecule has 29 heavy (non-hydrogen) atoms. The third-order valence-electron chi connectivity index (χ3n) is 4.17. The number of halogens is 3. The van der Waals surface area contributed by atoms with E-state index >= 15 is 0 Å². The van der Waals surface area contributed by atoms with Crippen molar-refractivity contribution in [2.45, 2.75) is 6.18 Å². The molecule has 0 aliphatic carbocycles. The number of aromatic nitrogens is 1. The molecule has 2 heterocycles. The van der Waals surface area contributed by atoms with Crippen molar-refractivity contribution in [3.8, 4) is 11.3 Å². The first-order valence-corrected chi connectivity index (χ1v) is 9.22. The molecule has 0 aliphatic heterocycles. The Labute approximate surface area is 165 Å². The monoisotopic (exact) mass is 416 g/mol. The summed E-state index contributed by atoms with van der Waals surface area (Å²) in [6, 6.07) is 10.3. The lowest BCUT2D eigenvalue weighted by molar-refractivity contribution is -0.137. The molecule has 0 atom stereocenters. The molecule has 2 aromatic heterocycles. The Balaban J connectivity index is 1.87. The number of anilines is 1. The highest BCUT2D eigenvalue weighted by atomic mass is 32.1. The molecule has 0 spiro atoms. The molecule has 0 bridgehead atoms. The summed E-state index contributed by atoms with van der Waals surface area (Å²) in [6.07, 6.45) is -4.62. The van der Waals surface area contributed by atoms with Gasteiger partial charge < -0.3 is 9.73 Å². The van der Waals surface area contributed by atoms with Gasteiger partial charge in [0.25, 0.3) is 5.91 Å². The highest BCUT2D eigenvalue weighted by Gasteiger charge is 2.34. The minimum atomic E-state index is -4.62. The van der Waals surface area contributed by atoms with E-state index in [9.17, 15) is 22.8 Å². The Morgan fingerprint density at radius 2 is 1.90 bits per heavy atom. The zero-order valence-corrected chi connectivity index (χ0v) is 15.3. The van der Waals surface area contributed by atoms with Crippen LogP contribution in [0.4, 0.5) is 18.9 Å². The molecule has 0 saturated carbocycles. The van der Waals surface area contributed by atoms with E-state index in [1.807, 2.05) is 0 Å². The number of carbonyl (C=O) groups excluding carboxylic acids is 1. The molecule has 0 saturated heterocycles. The number of rotatable bonds is 3. The summed E-state index contributed by atoms with van der Waals surface area (Å²) in [4.78, 5) is 28.7. The third kappa shape index (κ3) is 3.64. The maximum atomic E-state index is 13.4. The number of alkyl halides is 3. The van der Waals surface area contributed by atoms with Crippen molar-refractivity contribution in [1.29, 1.82) is 0 Å². The third-order valence-corrected chi connectivity index (χ3v) is 4.75. The van der Waals surface area contributed by atoms with Crippen molar-refractivity contribution >= 4 is 33.9 Å². The van der Waals surface area contributed by atoms with Crippen LogP contribution >= 0.6 is 11.3 Å². The molecular formula is C20H11F3N2O3S. The largest absolute Gasteiger partial charge is 0.454 e. The molecule has 0 aliphatic rings. The van der Waals surface area contributed by atoms with Crippen LogP contribution in [0.5, 0.6) is 0 Å². The highest BCUT2D eigenvalue weighted by molar-refractivity contribution is 7.07. The number of benzene rings is 2. The minimum absolute atomic E-state index is 0.0180. The van der Waals surface area contributed by atoms with Crippen molar-refractivity contribution in [3.63, 3.8) is 0 Å². The quantitative estimate of drug-likeness (QED) is 0.499. The van der Waals surface area contributed by atoms with E-state index < -0.39 is 23.1 Å². The Morgan fingerprint density at radius 1 is 1.10 bits per heavy atom. The molecule has 5 nitrogen and oxygen atoms in total. The van der Waals surface area contributed by atoms with Crippen molar-refractivity contribution in [2.75, 3.05) is 5.32 Å². The molecule has 1 N–H and O–H groups in total. The second kappa shape index (κ2) is 7.17. The van der Waals surface area contributed by atoms with Crippen LogP contribution in [0, 0.1) is 0 Å². The fourth-order valence-electron chi connectivity index (χ4n) is 2.86. The van der Waals surface area contributed by atoms with Gasteiger partial charge in [0.2, 0.25) is 0 Å². The van der Waals surface area contributed by atoms with Crippen molar-refractivity contribution in [1.82, 2.24) is 4.98 Å². The summed E-state index contributed by atoms with van der Waals surface area (Å²) >= 11 is 1.24. The number of fused-ring (bicyclic) bond motifs is 1. The Hall–Kier alpha value is -3.46. The van der Waals surface area contributed by atoms with Crippen LogP contribution in [0.1, 0.15) is 16.1 Å². The number of hydrogen-bond donors (Lipinski definition) is 1. The molecule has 9 heteroatoms. The van der Waals surface area contributed by atoms with Gasteiger partial charge >= 0.3 is 6.18 Å². The van der Waals surface area contributed by atoms with E-state index in [0.29, 0.717) is 0 Å². The predicted molar refractivity (Wildman–Crippen MR) is 103 cm³/mol. The van der Waals surface area contributed by atoms with E-state index in [1.165, 1.54) is 47.2 Å². The van der Waals surface area contributed by atoms with Gasteiger partial charge in [0.1, 0.15) is 11.5 Å². The normalized spacial score (nSPS) is 11.6. The maximum absolute atomic E-state index is 13.4. The summed E-state index contributed by atoms with van der Waals surface area (Å²) < 4.78 is 45.8. The smallest absolute Gasteiger partial charge is 0.417 e. The zero-order valence-electron chi connectivity index (χ0n) is 14.5. The van der Waals surface area contributed by atoms with E-state index in [0.717, 1.165) is 12.1 Å². The molecule has 146 valence electrons. The van der Waals surface area contributed by atoms with Crippen LogP contribution in [0.25, 0.3) is 22.3 Å². The number of para-hydroxylation sites is 1. The van der Waals surface area contributed by atoms with Crippen molar-refractivity contribution in [2.24, 2.45) is 0 Å². The first-order chi connectivity index (χ1) is 13.8. The number of hydrogen-bond acceptors (Lipinski definition) is 5. The van der Waals surface area contributed by atoms with Gasteiger partial charge in [0.05, 0.1) is 22.1 Å². The van der Waals surface area contributed by atoms with Crippen LogP contribution < -0.4 is 10.7 Å². The number of thiazole rings is 1. The van der Waals surface area contributed by atoms with Gasteiger partial charge in [0, 0.05) is 17.0 Å². The molecule has 0 radical (unpaired) electrons. The second-order valence-corrected chi connectivity index (χ2v) is 6.75. The summed E-state index contributed by atoms with van der Waals surface area (Å²) in [5, 5.41) is 4.27. The van der Waals surface area contributed by atoms with E-state index in [2.05, 4.69) is 10.3 Å². The second-order valence-electron chi connectivity index (χ2n) is 6.03. The summed E-state index contributed by atoms with van der Waals surface area (Å²) in [7, 11) is 0. The Kier molecular flexibility index (Phi) is 4.67. The van der Waals surface area contributed by atoms with Gasteiger partial charge in [-0.15, -0.1) is 11.3 Å². The standard InChI is InChI=1S/C20H11F3N2O3S/c21-20(22,23)13-6-2-1-4-11(13)17-8-16(26)12-5-3-7-14(18(12)28-17)25-19(27)15-9-29-10-24-15/h1-10H,(H,25,27).